The molecule has 0 aliphatic rings. The van der Waals surface area contributed by atoms with Gasteiger partial charge in [-0.1, -0.05) is 89.9 Å². The van der Waals surface area contributed by atoms with Crippen LogP contribution < -0.4 is 0 Å². The first-order valence-electron chi connectivity index (χ1n) is 12.7. The molecule has 0 aromatic heterocycles. The Kier molecular flexibility index (Phi) is 23.4. The molecule has 0 N–H and O–H groups in total. The van der Waals surface area contributed by atoms with Crippen molar-refractivity contribution in [1.29, 1.82) is 0 Å². The molecule has 3 nitrogen and oxygen atoms in total. The number of hydrogen-bond acceptors (Lipinski definition) is 3. The van der Waals surface area contributed by atoms with Crippen LogP contribution in [0.3, 0.4) is 0 Å². The molecular weight excluding hydrogens is 400 g/mol. The molecule has 0 aliphatic heterocycles. The van der Waals surface area contributed by atoms with Crippen molar-refractivity contribution in [1.82, 2.24) is 0 Å². The van der Waals surface area contributed by atoms with Gasteiger partial charge < -0.3 is 13.3 Å². The lowest BCUT2D eigenvalue weighted by Gasteiger charge is -2.28. The molecule has 0 saturated carbocycles. The summed E-state index contributed by atoms with van der Waals surface area (Å²) in [5.74, 6) is 0.831. The Balaban J connectivity index is 3.43. The molecule has 0 saturated heterocycles. The summed E-state index contributed by atoms with van der Waals surface area (Å²) < 4.78 is 17.8. The van der Waals surface area contributed by atoms with Gasteiger partial charge in [-0.3, -0.25) is 0 Å². The molecule has 0 bridgehead atoms. The lowest BCUT2D eigenvalue weighted by atomic mass is 10.0. The van der Waals surface area contributed by atoms with Crippen molar-refractivity contribution in [3.8, 4) is 0 Å². The summed E-state index contributed by atoms with van der Waals surface area (Å²) in [6, 6.07) is 0.967. The van der Waals surface area contributed by atoms with E-state index in [2.05, 4.69) is 0 Å². The maximum atomic E-state index is 5.93. The van der Waals surface area contributed by atoms with Crippen LogP contribution in [-0.2, 0) is 13.3 Å². The molecule has 0 aliphatic carbocycles. The van der Waals surface area contributed by atoms with Gasteiger partial charge in [-0.25, -0.2) is 0 Å². The van der Waals surface area contributed by atoms with Gasteiger partial charge in [0.1, 0.15) is 0 Å². The highest BCUT2D eigenvalue weighted by Crippen LogP contribution is 2.21. The second-order valence-electron chi connectivity index (χ2n) is 8.08. The summed E-state index contributed by atoms with van der Waals surface area (Å²) in [5.41, 5.74) is 0. The summed E-state index contributed by atoms with van der Waals surface area (Å²) in [7, 11) is -2.41. The van der Waals surface area contributed by atoms with Gasteiger partial charge in [-0.15, -0.1) is 11.6 Å². The predicted molar refractivity (Wildman–Crippen MR) is 130 cm³/mol. The van der Waals surface area contributed by atoms with Crippen LogP contribution in [0.1, 0.15) is 124 Å². The second kappa shape index (κ2) is 23.1. The van der Waals surface area contributed by atoms with Gasteiger partial charge in [-0.05, 0) is 33.6 Å². The minimum absolute atomic E-state index is 0.681. The van der Waals surface area contributed by atoms with Crippen molar-refractivity contribution in [3.05, 3.63) is 0 Å². The maximum absolute atomic E-state index is 5.93. The van der Waals surface area contributed by atoms with Crippen LogP contribution in [0.25, 0.3) is 0 Å². The van der Waals surface area contributed by atoms with Crippen LogP contribution in [0.15, 0.2) is 0 Å². The van der Waals surface area contributed by atoms with Gasteiger partial charge in [0.05, 0.1) is 0 Å². The molecule has 0 atom stereocenters. The highest BCUT2D eigenvalue weighted by Gasteiger charge is 2.39. The van der Waals surface area contributed by atoms with Gasteiger partial charge in [0.2, 0.25) is 0 Å². The van der Waals surface area contributed by atoms with Gasteiger partial charge >= 0.3 is 8.80 Å². The minimum Gasteiger partial charge on any atom is -0.374 e. The first-order chi connectivity index (χ1) is 14.2. The van der Waals surface area contributed by atoms with Crippen molar-refractivity contribution in [2.75, 3.05) is 25.7 Å². The van der Waals surface area contributed by atoms with Gasteiger partial charge in [0, 0.05) is 31.7 Å². The van der Waals surface area contributed by atoms with E-state index in [0.29, 0.717) is 19.8 Å². The van der Waals surface area contributed by atoms with Crippen LogP contribution in [0, 0.1) is 0 Å². The molecule has 0 radical (unpaired) electrons. The van der Waals surface area contributed by atoms with Crippen LogP contribution in [-0.4, -0.2) is 34.5 Å². The second-order valence-corrected chi connectivity index (χ2v) is 11.2. The normalized spacial score (nSPS) is 12.0. The molecule has 0 aromatic carbocycles. The Morgan fingerprint density at radius 1 is 0.448 bits per heavy atom. The lowest BCUT2D eigenvalue weighted by molar-refractivity contribution is 0.0706. The zero-order valence-electron chi connectivity index (χ0n) is 20.0. The average molecular weight is 451 g/mol. The van der Waals surface area contributed by atoms with Crippen LogP contribution >= 0.6 is 11.6 Å². The van der Waals surface area contributed by atoms with E-state index in [1.807, 2.05) is 20.8 Å². The van der Waals surface area contributed by atoms with E-state index in [-0.39, 0.29) is 0 Å². The highest BCUT2D eigenvalue weighted by molar-refractivity contribution is 6.60. The minimum atomic E-state index is -2.41. The highest BCUT2D eigenvalue weighted by atomic mass is 35.5. The number of halogens is 1. The van der Waals surface area contributed by atoms with Gasteiger partial charge in [-0.2, -0.15) is 0 Å². The largest absolute Gasteiger partial charge is 0.500 e. The summed E-state index contributed by atoms with van der Waals surface area (Å²) >= 11 is 5.70. The van der Waals surface area contributed by atoms with E-state index in [1.54, 1.807) is 0 Å². The summed E-state index contributed by atoms with van der Waals surface area (Å²) in [4.78, 5) is 0. The third kappa shape index (κ3) is 18.8. The molecule has 0 rings (SSSR count). The van der Waals surface area contributed by atoms with Crippen molar-refractivity contribution in [2.45, 2.75) is 130 Å². The lowest BCUT2D eigenvalue weighted by Crippen LogP contribution is -2.45. The molecular formula is C24H51ClO3Si. The summed E-state index contributed by atoms with van der Waals surface area (Å²) in [6.45, 7) is 8.14. The standard InChI is InChI=1S/C24H51ClO3Si/c1-4-26-29(27-5-2,28-6-3)24-22-20-18-16-14-12-10-8-7-9-11-13-15-17-19-21-23-25/h4-24H2,1-3H3. The molecule has 5 heteroatoms. The third-order valence-electron chi connectivity index (χ3n) is 5.46. The smallest absolute Gasteiger partial charge is 0.374 e. The molecule has 0 fully saturated rings. The first-order valence-corrected chi connectivity index (χ1v) is 15.2. The maximum Gasteiger partial charge on any atom is 0.500 e. The zero-order valence-corrected chi connectivity index (χ0v) is 21.7. The summed E-state index contributed by atoms with van der Waals surface area (Å²) in [6.07, 6.45) is 21.8. The molecule has 0 amide bonds. The molecule has 0 unspecified atom stereocenters. The number of rotatable bonds is 24. The van der Waals surface area contributed by atoms with E-state index in [1.165, 1.54) is 96.3 Å². The Morgan fingerprint density at radius 2 is 0.724 bits per heavy atom. The predicted octanol–water partition coefficient (Wildman–Crippen LogP) is 8.52. The van der Waals surface area contributed by atoms with Crippen LogP contribution in [0.5, 0.6) is 0 Å². The molecule has 176 valence electrons. The SMILES string of the molecule is CCO[Si](CCCCCCCCCCCCCCCCCCCl)(OCC)OCC. The Labute approximate surface area is 189 Å². The van der Waals surface area contributed by atoms with Crippen LogP contribution in [0.2, 0.25) is 6.04 Å². The zero-order chi connectivity index (χ0) is 21.5. The molecule has 0 aromatic rings. The van der Waals surface area contributed by atoms with E-state index >= 15 is 0 Å². The Bertz CT molecular complexity index is 301. The number of unbranched alkanes of at least 4 members (excludes halogenated alkanes) is 15. The molecule has 0 heterocycles. The van der Waals surface area contributed by atoms with Crippen molar-refractivity contribution in [3.63, 3.8) is 0 Å². The van der Waals surface area contributed by atoms with Gasteiger partial charge in [0.15, 0.2) is 0 Å². The fourth-order valence-electron chi connectivity index (χ4n) is 3.91. The van der Waals surface area contributed by atoms with Crippen LogP contribution in [0.4, 0.5) is 0 Å². The van der Waals surface area contributed by atoms with Crippen molar-refractivity contribution in [2.24, 2.45) is 0 Å². The van der Waals surface area contributed by atoms with E-state index in [4.69, 9.17) is 24.9 Å². The third-order valence-corrected chi connectivity index (χ3v) is 8.88. The van der Waals surface area contributed by atoms with E-state index < -0.39 is 8.80 Å². The van der Waals surface area contributed by atoms with E-state index in [0.717, 1.165) is 18.3 Å². The van der Waals surface area contributed by atoms with Gasteiger partial charge in [0.25, 0.3) is 0 Å². The molecule has 0 spiro atoms. The summed E-state index contributed by atoms with van der Waals surface area (Å²) in [5, 5.41) is 0. The fraction of sp³-hybridized carbons (Fsp3) is 1.00. The average Bonchev–Trinajstić information content (AvgIpc) is 2.71. The van der Waals surface area contributed by atoms with Crippen molar-refractivity contribution < 1.29 is 13.3 Å². The van der Waals surface area contributed by atoms with E-state index in [9.17, 15) is 0 Å². The molecule has 29 heavy (non-hydrogen) atoms. The first kappa shape index (κ1) is 29.4. The monoisotopic (exact) mass is 450 g/mol. The number of alkyl halides is 1. The van der Waals surface area contributed by atoms with Crippen molar-refractivity contribution >= 4 is 20.4 Å². The number of hydrogen-bond donors (Lipinski definition) is 0. The topological polar surface area (TPSA) is 27.7 Å². The Hall–Kier alpha value is 0.387. The quantitative estimate of drug-likeness (QED) is 0.0837. The fourth-order valence-corrected chi connectivity index (χ4v) is 6.79. The Morgan fingerprint density at radius 3 is 1.00 bits per heavy atom.